The summed E-state index contributed by atoms with van der Waals surface area (Å²) in [6, 6.07) is 14.9. The summed E-state index contributed by atoms with van der Waals surface area (Å²) in [6.45, 7) is 1.79. The van der Waals surface area contributed by atoms with Gasteiger partial charge in [0.05, 0.1) is 24.4 Å². The minimum Gasteiger partial charge on any atom is -0.506 e. The van der Waals surface area contributed by atoms with Gasteiger partial charge in [0.25, 0.3) is 0 Å². The molecule has 156 valence electrons. The molecule has 1 aliphatic rings. The number of aliphatic hydroxyl groups is 1. The summed E-state index contributed by atoms with van der Waals surface area (Å²) in [6.07, 6.45) is 3.46. The van der Waals surface area contributed by atoms with E-state index in [4.69, 9.17) is 0 Å². The van der Waals surface area contributed by atoms with Crippen LogP contribution in [-0.2, 0) is 11.4 Å². The molecule has 4 rings (SSSR count). The maximum Gasteiger partial charge on any atom is 0.238 e. The quantitative estimate of drug-likeness (QED) is 0.470. The van der Waals surface area contributed by atoms with Gasteiger partial charge >= 0.3 is 0 Å². The van der Waals surface area contributed by atoms with Crippen LogP contribution in [0.1, 0.15) is 18.4 Å². The number of benzene rings is 2. The summed E-state index contributed by atoms with van der Waals surface area (Å²) in [5.41, 5.74) is 2.95. The topological polar surface area (TPSA) is 97.7 Å². The molecule has 1 saturated heterocycles. The highest BCUT2D eigenvalue weighted by Crippen LogP contribution is 2.29. The van der Waals surface area contributed by atoms with E-state index in [0.29, 0.717) is 17.8 Å². The highest BCUT2D eigenvalue weighted by atomic mass is 16.3. The molecular formula is C23H26N4O3. The first-order valence-corrected chi connectivity index (χ1v) is 10.2. The average molecular weight is 406 g/mol. The number of likely N-dealkylation sites (tertiary alicyclic amines) is 1. The van der Waals surface area contributed by atoms with Gasteiger partial charge in [0, 0.05) is 42.0 Å². The zero-order chi connectivity index (χ0) is 20.9. The van der Waals surface area contributed by atoms with E-state index in [9.17, 15) is 15.0 Å². The molecule has 1 aliphatic heterocycles. The van der Waals surface area contributed by atoms with E-state index >= 15 is 0 Å². The van der Waals surface area contributed by atoms with Crippen LogP contribution in [0.5, 0.6) is 5.75 Å². The SMILES string of the molecule is O=C(CN1CCC(Nc2c(O)cccc2CO)CC1)Nc1ccc2ncccc2c1. The van der Waals surface area contributed by atoms with Crippen LogP contribution in [0, 0.1) is 0 Å². The van der Waals surface area contributed by atoms with Crippen LogP contribution >= 0.6 is 0 Å². The largest absolute Gasteiger partial charge is 0.506 e. The number of fused-ring (bicyclic) bond motifs is 1. The minimum absolute atomic E-state index is 0.0343. The van der Waals surface area contributed by atoms with Crippen LogP contribution in [0.15, 0.2) is 54.7 Å². The molecule has 0 atom stereocenters. The predicted molar refractivity (Wildman–Crippen MR) is 117 cm³/mol. The van der Waals surface area contributed by atoms with E-state index < -0.39 is 0 Å². The molecule has 3 aromatic rings. The second-order valence-electron chi connectivity index (χ2n) is 7.62. The van der Waals surface area contributed by atoms with Gasteiger partial charge in [-0.05, 0) is 43.2 Å². The number of carbonyl (C=O) groups excluding carboxylic acids is 1. The lowest BCUT2D eigenvalue weighted by Gasteiger charge is -2.32. The molecule has 7 heteroatoms. The smallest absolute Gasteiger partial charge is 0.238 e. The molecule has 1 aromatic heterocycles. The summed E-state index contributed by atoms with van der Waals surface area (Å²) >= 11 is 0. The van der Waals surface area contributed by atoms with E-state index in [1.807, 2.05) is 30.3 Å². The number of hydrogen-bond donors (Lipinski definition) is 4. The first-order valence-electron chi connectivity index (χ1n) is 10.2. The maximum absolute atomic E-state index is 12.5. The lowest BCUT2D eigenvalue weighted by atomic mass is 10.0. The van der Waals surface area contributed by atoms with E-state index in [1.165, 1.54) is 0 Å². The molecule has 0 bridgehead atoms. The van der Waals surface area contributed by atoms with Gasteiger partial charge in [0.2, 0.25) is 5.91 Å². The molecule has 1 fully saturated rings. The first kappa shape index (κ1) is 20.1. The van der Waals surface area contributed by atoms with Gasteiger partial charge in [-0.15, -0.1) is 0 Å². The van der Waals surface area contributed by atoms with Crippen LogP contribution in [0.3, 0.4) is 0 Å². The lowest BCUT2D eigenvalue weighted by molar-refractivity contribution is -0.117. The predicted octanol–water partition coefficient (Wildman–Crippen LogP) is 2.95. The van der Waals surface area contributed by atoms with Crippen molar-refractivity contribution in [1.29, 1.82) is 0 Å². The summed E-state index contributed by atoms with van der Waals surface area (Å²) < 4.78 is 0. The Morgan fingerprint density at radius 1 is 1.13 bits per heavy atom. The standard InChI is InChI=1S/C23H26N4O3/c28-15-17-3-1-5-21(29)23(17)26-18-8-11-27(12-9-18)14-22(30)25-19-6-7-20-16(13-19)4-2-10-24-20/h1-7,10,13,18,26,28-29H,8-9,11-12,14-15H2,(H,25,30). The minimum atomic E-state index is -0.124. The van der Waals surface area contributed by atoms with Crippen molar-refractivity contribution in [3.8, 4) is 5.75 Å². The Bertz CT molecular complexity index is 1030. The van der Waals surface area contributed by atoms with E-state index in [1.54, 1.807) is 24.4 Å². The molecular weight excluding hydrogens is 380 g/mol. The lowest BCUT2D eigenvalue weighted by Crippen LogP contribution is -2.42. The van der Waals surface area contributed by atoms with Crippen LogP contribution in [-0.4, -0.2) is 51.7 Å². The third-order valence-corrected chi connectivity index (χ3v) is 5.49. The number of phenols is 1. The molecule has 4 N–H and O–H groups in total. The number of pyridine rings is 1. The van der Waals surface area contributed by atoms with Gasteiger partial charge in [-0.2, -0.15) is 0 Å². The Kier molecular flexibility index (Phi) is 6.11. The summed E-state index contributed by atoms with van der Waals surface area (Å²) in [7, 11) is 0. The summed E-state index contributed by atoms with van der Waals surface area (Å²) in [4.78, 5) is 18.9. The van der Waals surface area contributed by atoms with Gasteiger partial charge in [0.15, 0.2) is 0 Å². The van der Waals surface area contributed by atoms with Crippen molar-refractivity contribution < 1.29 is 15.0 Å². The number of aliphatic hydroxyl groups excluding tert-OH is 1. The molecule has 30 heavy (non-hydrogen) atoms. The number of nitrogens with zero attached hydrogens (tertiary/aromatic N) is 2. The van der Waals surface area contributed by atoms with Gasteiger partial charge < -0.3 is 20.8 Å². The van der Waals surface area contributed by atoms with E-state index in [0.717, 1.165) is 42.5 Å². The number of para-hydroxylation sites is 1. The van der Waals surface area contributed by atoms with Crippen LogP contribution in [0.25, 0.3) is 10.9 Å². The second kappa shape index (κ2) is 9.11. The van der Waals surface area contributed by atoms with Crippen LogP contribution in [0.4, 0.5) is 11.4 Å². The number of nitrogens with one attached hydrogen (secondary N) is 2. The van der Waals surface area contributed by atoms with E-state index in [-0.39, 0.29) is 24.3 Å². The number of aromatic nitrogens is 1. The number of piperidine rings is 1. The fourth-order valence-corrected chi connectivity index (χ4v) is 3.88. The molecule has 0 spiro atoms. The molecule has 2 heterocycles. The highest BCUT2D eigenvalue weighted by molar-refractivity contribution is 5.94. The fraction of sp³-hybridized carbons (Fsp3) is 0.304. The number of aromatic hydroxyl groups is 1. The van der Waals surface area contributed by atoms with Crippen molar-refractivity contribution in [2.75, 3.05) is 30.3 Å². The number of phenolic OH excluding ortho intramolecular Hbond substituents is 1. The average Bonchev–Trinajstić information content (AvgIpc) is 2.76. The molecule has 0 saturated carbocycles. The van der Waals surface area contributed by atoms with Crippen LogP contribution in [0.2, 0.25) is 0 Å². The third kappa shape index (κ3) is 4.69. The van der Waals surface area contributed by atoms with Crippen molar-refractivity contribution in [1.82, 2.24) is 9.88 Å². The molecule has 7 nitrogen and oxygen atoms in total. The summed E-state index contributed by atoms with van der Waals surface area (Å²) in [5.74, 6) is 0.113. The highest BCUT2D eigenvalue weighted by Gasteiger charge is 2.22. The second-order valence-corrected chi connectivity index (χ2v) is 7.62. The molecule has 0 aliphatic carbocycles. The fourth-order valence-electron chi connectivity index (χ4n) is 3.88. The monoisotopic (exact) mass is 406 g/mol. The molecule has 0 unspecified atom stereocenters. The molecule has 1 amide bonds. The third-order valence-electron chi connectivity index (χ3n) is 5.49. The number of anilines is 2. The summed E-state index contributed by atoms with van der Waals surface area (Å²) in [5, 5.41) is 26.9. The van der Waals surface area contributed by atoms with Gasteiger partial charge in [-0.25, -0.2) is 0 Å². The zero-order valence-corrected chi connectivity index (χ0v) is 16.7. The number of rotatable bonds is 6. The van der Waals surface area contributed by atoms with Gasteiger partial charge in [-0.1, -0.05) is 18.2 Å². The van der Waals surface area contributed by atoms with Gasteiger partial charge in [-0.3, -0.25) is 14.7 Å². The maximum atomic E-state index is 12.5. The number of carbonyl (C=O) groups is 1. The zero-order valence-electron chi connectivity index (χ0n) is 16.7. The normalized spacial score (nSPS) is 15.2. The molecule has 0 radical (unpaired) electrons. The van der Waals surface area contributed by atoms with Gasteiger partial charge in [0.1, 0.15) is 5.75 Å². The Morgan fingerprint density at radius 3 is 2.77 bits per heavy atom. The van der Waals surface area contributed by atoms with E-state index in [2.05, 4.69) is 20.5 Å². The molecule has 2 aromatic carbocycles. The number of hydrogen-bond acceptors (Lipinski definition) is 6. The Morgan fingerprint density at radius 2 is 1.97 bits per heavy atom. The Labute approximate surface area is 175 Å². The first-order chi connectivity index (χ1) is 14.6. The Hall–Kier alpha value is -3.16. The Balaban J connectivity index is 1.28. The van der Waals surface area contributed by atoms with Crippen molar-refractivity contribution in [2.24, 2.45) is 0 Å². The van der Waals surface area contributed by atoms with Crippen molar-refractivity contribution in [3.63, 3.8) is 0 Å². The number of amides is 1. The van der Waals surface area contributed by atoms with Crippen molar-refractivity contribution in [3.05, 3.63) is 60.3 Å². The van der Waals surface area contributed by atoms with Crippen molar-refractivity contribution in [2.45, 2.75) is 25.5 Å². The van der Waals surface area contributed by atoms with Crippen LogP contribution < -0.4 is 10.6 Å². The van der Waals surface area contributed by atoms with Crippen molar-refractivity contribution >= 4 is 28.2 Å².